The van der Waals surface area contributed by atoms with Crippen LogP contribution in [0.15, 0.2) is 42.7 Å². The molecule has 18 heavy (non-hydrogen) atoms. The highest BCUT2D eigenvalue weighted by Crippen LogP contribution is 2.08. The van der Waals surface area contributed by atoms with Crippen LogP contribution in [0.25, 0.3) is 0 Å². The zero-order chi connectivity index (χ0) is 12.8. The van der Waals surface area contributed by atoms with E-state index in [1.54, 1.807) is 0 Å². The van der Waals surface area contributed by atoms with Gasteiger partial charge < -0.3 is 5.43 Å². The highest BCUT2D eigenvalue weighted by atomic mass is 15.2. The van der Waals surface area contributed by atoms with Crippen molar-refractivity contribution in [3.63, 3.8) is 0 Å². The number of anilines is 1. The number of pyridine rings is 2. The van der Waals surface area contributed by atoms with Crippen LogP contribution in [-0.4, -0.2) is 21.9 Å². The number of nitrogens with two attached hydrogens (primary N) is 1. The van der Waals surface area contributed by atoms with Crippen molar-refractivity contribution in [1.82, 2.24) is 14.9 Å². The van der Waals surface area contributed by atoms with Crippen LogP contribution in [0.2, 0.25) is 0 Å². The molecule has 0 aliphatic carbocycles. The molecule has 0 atom stereocenters. The molecule has 0 amide bonds. The molecule has 2 heterocycles. The van der Waals surface area contributed by atoms with Crippen LogP contribution in [-0.2, 0) is 13.1 Å². The standard InChI is InChI=1S/C13H17N5/c1-18(10-12-4-2-3-7-15-12)9-11-5-6-13(17-14)16-8-11/h2-8H,9-10,14H2,1H3,(H,16,17). The number of nitrogens with zero attached hydrogens (tertiary/aromatic N) is 3. The molecule has 2 rings (SSSR count). The summed E-state index contributed by atoms with van der Waals surface area (Å²) in [6, 6.07) is 9.82. The van der Waals surface area contributed by atoms with Crippen LogP contribution < -0.4 is 11.3 Å². The molecule has 3 N–H and O–H groups in total. The van der Waals surface area contributed by atoms with Crippen molar-refractivity contribution in [3.8, 4) is 0 Å². The molecule has 0 aliphatic heterocycles. The van der Waals surface area contributed by atoms with E-state index in [2.05, 4.69) is 27.3 Å². The molecule has 0 fully saturated rings. The summed E-state index contributed by atoms with van der Waals surface area (Å²) < 4.78 is 0. The smallest absolute Gasteiger partial charge is 0.139 e. The Labute approximate surface area is 107 Å². The summed E-state index contributed by atoms with van der Waals surface area (Å²) in [6.07, 6.45) is 3.64. The molecule has 2 aromatic heterocycles. The number of hydrazine groups is 1. The molecule has 5 heteroatoms. The third-order valence-electron chi connectivity index (χ3n) is 2.58. The van der Waals surface area contributed by atoms with Gasteiger partial charge in [-0.25, -0.2) is 10.8 Å². The second kappa shape index (κ2) is 6.09. The highest BCUT2D eigenvalue weighted by Gasteiger charge is 2.03. The lowest BCUT2D eigenvalue weighted by Crippen LogP contribution is -2.18. The Bertz CT molecular complexity index is 469. The van der Waals surface area contributed by atoms with E-state index in [0.29, 0.717) is 5.82 Å². The average Bonchev–Trinajstić information content (AvgIpc) is 2.40. The predicted molar refractivity (Wildman–Crippen MR) is 71.5 cm³/mol. The van der Waals surface area contributed by atoms with Crippen molar-refractivity contribution in [3.05, 3.63) is 54.0 Å². The lowest BCUT2D eigenvalue weighted by molar-refractivity contribution is 0.315. The Morgan fingerprint density at radius 3 is 2.67 bits per heavy atom. The van der Waals surface area contributed by atoms with Gasteiger partial charge in [-0.3, -0.25) is 9.88 Å². The van der Waals surface area contributed by atoms with E-state index < -0.39 is 0 Å². The lowest BCUT2D eigenvalue weighted by atomic mass is 10.2. The van der Waals surface area contributed by atoms with Gasteiger partial charge in [-0.2, -0.15) is 0 Å². The first-order valence-electron chi connectivity index (χ1n) is 5.78. The quantitative estimate of drug-likeness (QED) is 0.613. The fourth-order valence-electron chi connectivity index (χ4n) is 1.74. The monoisotopic (exact) mass is 243 g/mol. The van der Waals surface area contributed by atoms with Crippen molar-refractivity contribution >= 4 is 5.82 Å². The molecule has 0 spiro atoms. The van der Waals surface area contributed by atoms with E-state index in [0.717, 1.165) is 24.3 Å². The maximum Gasteiger partial charge on any atom is 0.139 e. The summed E-state index contributed by atoms with van der Waals surface area (Å²) in [7, 11) is 2.06. The Morgan fingerprint density at radius 2 is 2.06 bits per heavy atom. The molecule has 0 unspecified atom stereocenters. The molecule has 0 bridgehead atoms. The van der Waals surface area contributed by atoms with Crippen LogP contribution in [0, 0.1) is 0 Å². The van der Waals surface area contributed by atoms with Gasteiger partial charge in [0.15, 0.2) is 0 Å². The summed E-state index contributed by atoms with van der Waals surface area (Å²) in [5.41, 5.74) is 4.72. The SMILES string of the molecule is CN(Cc1ccc(NN)nc1)Cc1ccccn1. The first kappa shape index (κ1) is 12.5. The van der Waals surface area contributed by atoms with Gasteiger partial charge in [-0.1, -0.05) is 12.1 Å². The minimum atomic E-state index is 0.672. The van der Waals surface area contributed by atoms with Gasteiger partial charge in [0.05, 0.1) is 5.69 Å². The van der Waals surface area contributed by atoms with E-state index in [1.807, 2.05) is 42.7 Å². The third kappa shape index (κ3) is 3.51. The summed E-state index contributed by atoms with van der Waals surface area (Å²) in [4.78, 5) is 10.7. The second-order valence-corrected chi connectivity index (χ2v) is 4.19. The predicted octanol–water partition coefficient (Wildman–Crippen LogP) is 1.39. The van der Waals surface area contributed by atoms with Gasteiger partial charge in [-0.15, -0.1) is 0 Å². The van der Waals surface area contributed by atoms with Crippen molar-refractivity contribution in [2.45, 2.75) is 13.1 Å². The van der Waals surface area contributed by atoms with E-state index in [1.165, 1.54) is 0 Å². The Balaban J connectivity index is 1.92. The van der Waals surface area contributed by atoms with E-state index in [4.69, 9.17) is 5.84 Å². The summed E-state index contributed by atoms with van der Waals surface area (Å²) in [5, 5.41) is 0. The average molecular weight is 243 g/mol. The topological polar surface area (TPSA) is 67.1 Å². The number of aromatic nitrogens is 2. The Hall–Kier alpha value is -1.98. The molecular formula is C13H17N5. The van der Waals surface area contributed by atoms with Crippen molar-refractivity contribution in [2.75, 3.05) is 12.5 Å². The normalized spacial score (nSPS) is 10.6. The van der Waals surface area contributed by atoms with Crippen molar-refractivity contribution in [2.24, 2.45) is 5.84 Å². The summed E-state index contributed by atoms with van der Waals surface area (Å²) >= 11 is 0. The number of hydrogen-bond donors (Lipinski definition) is 2. The number of nitrogen functional groups attached to an aromatic ring is 1. The molecule has 94 valence electrons. The first-order chi connectivity index (χ1) is 8.78. The van der Waals surface area contributed by atoms with Gasteiger partial charge in [0, 0.05) is 25.5 Å². The molecule has 0 aliphatic rings. The van der Waals surface area contributed by atoms with Gasteiger partial charge in [0.1, 0.15) is 5.82 Å². The fourth-order valence-corrected chi connectivity index (χ4v) is 1.74. The van der Waals surface area contributed by atoms with Gasteiger partial charge in [0.2, 0.25) is 0 Å². The zero-order valence-electron chi connectivity index (χ0n) is 10.4. The molecule has 5 nitrogen and oxygen atoms in total. The molecular weight excluding hydrogens is 226 g/mol. The fraction of sp³-hybridized carbons (Fsp3) is 0.231. The number of rotatable bonds is 5. The van der Waals surface area contributed by atoms with E-state index in [-0.39, 0.29) is 0 Å². The maximum absolute atomic E-state index is 5.27. The highest BCUT2D eigenvalue weighted by molar-refractivity contribution is 5.33. The number of nitrogens with one attached hydrogen (secondary N) is 1. The molecule has 2 aromatic rings. The zero-order valence-corrected chi connectivity index (χ0v) is 10.4. The summed E-state index contributed by atoms with van der Waals surface area (Å²) in [5.74, 6) is 5.94. The second-order valence-electron chi connectivity index (χ2n) is 4.19. The molecule has 0 aromatic carbocycles. The third-order valence-corrected chi connectivity index (χ3v) is 2.58. The van der Waals surface area contributed by atoms with Gasteiger partial charge in [-0.05, 0) is 30.8 Å². The Morgan fingerprint density at radius 1 is 1.17 bits per heavy atom. The van der Waals surface area contributed by atoms with Crippen LogP contribution in [0.5, 0.6) is 0 Å². The molecule has 0 saturated carbocycles. The molecule has 0 saturated heterocycles. The van der Waals surface area contributed by atoms with Crippen LogP contribution >= 0.6 is 0 Å². The maximum atomic E-state index is 5.27. The van der Waals surface area contributed by atoms with Crippen LogP contribution in [0.3, 0.4) is 0 Å². The van der Waals surface area contributed by atoms with E-state index >= 15 is 0 Å². The van der Waals surface area contributed by atoms with Crippen molar-refractivity contribution in [1.29, 1.82) is 0 Å². The van der Waals surface area contributed by atoms with Crippen LogP contribution in [0.4, 0.5) is 5.82 Å². The van der Waals surface area contributed by atoms with Crippen LogP contribution in [0.1, 0.15) is 11.3 Å². The Kier molecular flexibility index (Phi) is 4.22. The molecule has 0 radical (unpaired) electrons. The van der Waals surface area contributed by atoms with Gasteiger partial charge in [0.25, 0.3) is 0 Å². The minimum Gasteiger partial charge on any atom is -0.308 e. The van der Waals surface area contributed by atoms with Gasteiger partial charge >= 0.3 is 0 Å². The lowest BCUT2D eigenvalue weighted by Gasteiger charge is -2.16. The number of hydrogen-bond acceptors (Lipinski definition) is 5. The minimum absolute atomic E-state index is 0.672. The van der Waals surface area contributed by atoms with Crippen molar-refractivity contribution < 1.29 is 0 Å². The summed E-state index contributed by atoms with van der Waals surface area (Å²) in [6.45, 7) is 1.64. The first-order valence-corrected chi connectivity index (χ1v) is 5.78. The van der Waals surface area contributed by atoms with E-state index in [9.17, 15) is 0 Å². The largest absolute Gasteiger partial charge is 0.308 e.